The maximum absolute atomic E-state index is 14.3. The highest BCUT2D eigenvalue weighted by molar-refractivity contribution is 5.45. The van der Waals surface area contributed by atoms with Crippen LogP contribution in [0.3, 0.4) is 0 Å². The average Bonchev–Trinajstić information content (AvgIpc) is 2.38. The van der Waals surface area contributed by atoms with Crippen molar-refractivity contribution in [3.63, 3.8) is 0 Å². The van der Waals surface area contributed by atoms with Crippen molar-refractivity contribution in [2.75, 3.05) is 20.8 Å². The molecule has 0 spiro atoms. The molecule has 1 N–H and O–H groups in total. The van der Waals surface area contributed by atoms with E-state index in [2.05, 4.69) is 0 Å². The summed E-state index contributed by atoms with van der Waals surface area (Å²) in [6.07, 6.45) is 0.0995. The quantitative estimate of drug-likeness (QED) is 0.899. The van der Waals surface area contributed by atoms with Gasteiger partial charge in [-0.25, -0.2) is 4.39 Å². The summed E-state index contributed by atoms with van der Waals surface area (Å²) < 4.78 is 29.8. The Balaban J connectivity index is 2.33. The molecule has 0 aromatic heterocycles. The van der Waals surface area contributed by atoms with Crippen LogP contribution >= 0.6 is 0 Å². The number of methoxy groups -OCH3 is 2. The third-order valence-electron chi connectivity index (χ3n) is 3.12. The molecule has 1 aliphatic rings. The molecule has 0 radical (unpaired) electrons. The van der Waals surface area contributed by atoms with Gasteiger partial charge in [-0.15, -0.1) is 0 Å². The minimum atomic E-state index is -0.490. The summed E-state index contributed by atoms with van der Waals surface area (Å²) in [7, 11) is 2.85. The number of hydrogen-bond donors (Lipinski definition) is 1. The lowest BCUT2D eigenvalue weighted by atomic mass is 9.98. The van der Waals surface area contributed by atoms with Crippen LogP contribution in [-0.2, 0) is 4.74 Å². The fourth-order valence-electron chi connectivity index (χ4n) is 2.15. The van der Waals surface area contributed by atoms with Crippen molar-refractivity contribution in [2.24, 2.45) is 0 Å². The molecule has 18 heavy (non-hydrogen) atoms. The predicted molar refractivity (Wildman–Crippen MR) is 63.4 cm³/mol. The molecular weight excluding hydrogens is 239 g/mol. The van der Waals surface area contributed by atoms with E-state index in [-0.39, 0.29) is 5.75 Å². The Morgan fingerprint density at radius 2 is 2.11 bits per heavy atom. The first-order valence-electron chi connectivity index (χ1n) is 5.87. The molecule has 2 rings (SSSR count). The van der Waals surface area contributed by atoms with Crippen molar-refractivity contribution >= 4 is 0 Å². The SMILES string of the molecule is COc1ccc(C2CC(O)CCO2)c(F)c1OC. The molecule has 2 atom stereocenters. The van der Waals surface area contributed by atoms with E-state index in [1.54, 1.807) is 12.1 Å². The Bertz CT molecular complexity index is 422. The van der Waals surface area contributed by atoms with E-state index in [1.165, 1.54) is 14.2 Å². The van der Waals surface area contributed by atoms with Crippen molar-refractivity contribution in [1.82, 2.24) is 0 Å². The van der Waals surface area contributed by atoms with Crippen LogP contribution in [-0.4, -0.2) is 32.0 Å². The third-order valence-corrected chi connectivity index (χ3v) is 3.12. The number of ether oxygens (including phenoxy) is 3. The molecule has 0 amide bonds. The standard InChI is InChI=1S/C13H17FO4/c1-16-10-4-3-9(12(14)13(10)17-2)11-7-8(15)5-6-18-11/h3-4,8,11,15H,5-7H2,1-2H3. The Labute approximate surface area is 105 Å². The highest BCUT2D eigenvalue weighted by atomic mass is 19.1. The number of aliphatic hydroxyl groups excluding tert-OH is 1. The average molecular weight is 256 g/mol. The molecule has 4 nitrogen and oxygen atoms in total. The molecule has 5 heteroatoms. The lowest BCUT2D eigenvalue weighted by Gasteiger charge is -2.27. The molecule has 0 aliphatic carbocycles. The highest BCUT2D eigenvalue weighted by Gasteiger charge is 2.27. The Kier molecular flexibility index (Phi) is 4.04. The first-order valence-corrected chi connectivity index (χ1v) is 5.87. The van der Waals surface area contributed by atoms with Crippen LogP contribution in [0.1, 0.15) is 24.5 Å². The number of halogens is 1. The summed E-state index contributed by atoms with van der Waals surface area (Å²) in [5.41, 5.74) is 0.395. The Morgan fingerprint density at radius 3 is 2.72 bits per heavy atom. The number of hydrogen-bond acceptors (Lipinski definition) is 4. The largest absolute Gasteiger partial charge is 0.493 e. The fraction of sp³-hybridized carbons (Fsp3) is 0.538. The molecule has 1 aliphatic heterocycles. The van der Waals surface area contributed by atoms with E-state index in [1.807, 2.05) is 0 Å². The van der Waals surface area contributed by atoms with Gasteiger partial charge in [0.15, 0.2) is 17.3 Å². The van der Waals surface area contributed by atoms with Gasteiger partial charge in [0.25, 0.3) is 0 Å². The van der Waals surface area contributed by atoms with Gasteiger partial charge in [-0.2, -0.15) is 0 Å². The van der Waals surface area contributed by atoms with Crippen LogP contribution in [0.5, 0.6) is 11.5 Å². The van der Waals surface area contributed by atoms with Gasteiger partial charge in [0.1, 0.15) is 0 Å². The minimum Gasteiger partial charge on any atom is -0.493 e. The normalized spacial score (nSPS) is 23.8. The summed E-state index contributed by atoms with van der Waals surface area (Å²) >= 11 is 0. The lowest BCUT2D eigenvalue weighted by molar-refractivity contribution is -0.0463. The third kappa shape index (κ3) is 2.42. The second-order valence-electron chi connectivity index (χ2n) is 4.24. The van der Waals surface area contributed by atoms with Crippen molar-refractivity contribution < 1.29 is 23.7 Å². The van der Waals surface area contributed by atoms with Crippen molar-refractivity contribution in [3.05, 3.63) is 23.5 Å². The van der Waals surface area contributed by atoms with Gasteiger partial charge in [-0.1, -0.05) is 0 Å². The van der Waals surface area contributed by atoms with E-state index < -0.39 is 18.0 Å². The van der Waals surface area contributed by atoms with Crippen molar-refractivity contribution in [1.29, 1.82) is 0 Å². The molecular formula is C13H17FO4. The molecule has 1 heterocycles. The zero-order valence-electron chi connectivity index (χ0n) is 10.5. The number of aliphatic hydroxyl groups is 1. The molecule has 1 aromatic rings. The lowest BCUT2D eigenvalue weighted by Crippen LogP contribution is -2.24. The summed E-state index contributed by atoms with van der Waals surface area (Å²) in [5.74, 6) is -0.0790. The van der Waals surface area contributed by atoms with Crippen molar-refractivity contribution in [2.45, 2.75) is 25.0 Å². The van der Waals surface area contributed by atoms with Crippen LogP contribution in [0, 0.1) is 5.82 Å². The van der Waals surface area contributed by atoms with Gasteiger partial charge in [0.2, 0.25) is 0 Å². The van der Waals surface area contributed by atoms with E-state index in [0.717, 1.165) is 0 Å². The predicted octanol–water partition coefficient (Wildman–Crippen LogP) is 2.06. The monoisotopic (exact) mass is 256 g/mol. The highest BCUT2D eigenvalue weighted by Crippen LogP contribution is 2.38. The molecule has 2 unspecified atom stereocenters. The van der Waals surface area contributed by atoms with Gasteiger partial charge in [0, 0.05) is 18.6 Å². The summed E-state index contributed by atoms with van der Waals surface area (Å²) in [4.78, 5) is 0. The van der Waals surface area contributed by atoms with Crippen LogP contribution in [0.15, 0.2) is 12.1 Å². The number of rotatable bonds is 3. The molecule has 0 saturated carbocycles. The van der Waals surface area contributed by atoms with E-state index in [9.17, 15) is 9.50 Å². The summed E-state index contributed by atoms with van der Waals surface area (Å²) in [6, 6.07) is 3.25. The van der Waals surface area contributed by atoms with Gasteiger partial charge in [-0.05, 0) is 18.6 Å². The smallest absolute Gasteiger partial charge is 0.197 e. The van der Waals surface area contributed by atoms with E-state index >= 15 is 0 Å². The maximum atomic E-state index is 14.3. The van der Waals surface area contributed by atoms with Crippen LogP contribution < -0.4 is 9.47 Å². The number of benzene rings is 1. The molecule has 0 bridgehead atoms. The van der Waals surface area contributed by atoms with Gasteiger partial charge < -0.3 is 19.3 Å². The fourth-order valence-corrected chi connectivity index (χ4v) is 2.15. The van der Waals surface area contributed by atoms with Crippen LogP contribution in [0.2, 0.25) is 0 Å². The summed E-state index contributed by atoms with van der Waals surface area (Å²) in [6.45, 7) is 0.430. The topological polar surface area (TPSA) is 47.9 Å². The molecule has 100 valence electrons. The van der Waals surface area contributed by atoms with E-state index in [0.29, 0.717) is 30.8 Å². The summed E-state index contributed by atoms with van der Waals surface area (Å²) in [5, 5.41) is 9.60. The molecule has 1 aromatic carbocycles. The van der Waals surface area contributed by atoms with Crippen LogP contribution in [0.4, 0.5) is 4.39 Å². The van der Waals surface area contributed by atoms with Gasteiger partial charge in [0.05, 0.1) is 26.4 Å². The Morgan fingerprint density at radius 1 is 1.33 bits per heavy atom. The second-order valence-corrected chi connectivity index (χ2v) is 4.24. The van der Waals surface area contributed by atoms with Gasteiger partial charge in [-0.3, -0.25) is 0 Å². The molecule has 1 saturated heterocycles. The van der Waals surface area contributed by atoms with E-state index in [4.69, 9.17) is 14.2 Å². The van der Waals surface area contributed by atoms with Crippen molar-refractivity contribution in [3.8, 4) is 11.5 Å². The zero-order chi connectivity index (χ0) is 13.1. The molecule has 1 fully saturated rings. The minimum absolute atomic E-state index is 0.0682. The van der Waals surface area contributed by atoms with Crippen LogP contribution in [0.25, 0.3) is 0 Å². The zero-order valence-corrected chi connectivity index (χ0v) is 10.5. The maximum Gasteiger partial charge on any atom is 0.197 e. The Hall–Kier alpha value is -1.33. The first kappa shape index (κ1) is 13.1. The first-order chi connectivity index (χ1) is 8.67. The second kappa shape index (κ2) is 5.54. The van der Waals surface area contributed by atoms with Gasteiger partial charge >= 0.3 is 0 Å².